The minimum absolute atomic E-state index is 0.0371. The van der Waals surface area contributed by atoms with E-state index in [1.54, 1.807) is 6.92 Å². The van der Waals surface area contributed by atoms with E-state index in [4.69, 9.17) is 10.8 Å². The van der Waals surface area contributed by atoms with Crippen molar-refractivity contribution in [2.45, 2.75) is 37.6 Å². The van der Waals surface area contributed by atoms with Crippen LogP contribution in [0.25, 0.3) is 0 Å². The molecule has 0 saturated heterocycles. The van der Waals surface area contributed by atoms with Crippen LogP contribution in [-0.2, 0) is 0 Å². The quantitative estimate of drug-likeness (QED) is 0.367. The minimum atomic E-state index is -0.642. The smallest absolute Gasteiger partial charge is 0.0744 e. The number of nitrogens with one attached hydrogen (secondary N) is 1. The van der Waals surface area contributed by atoms with Crippen molar-refractivity contribution in [2.24, 2.45) is 11.7 Å². The Kier molecular flexibility index (Phi) is 4.28. The first-order chi connectivity index (χ1) is 6.57. The lowest BCUT2D eigenvalue weighted by molar-refractivity contribution is -0.0455. The first-order valence-electron chi connectivity index (χ1n) is 5.04. The van der Waals surface area contributed by atoms with Crippen molar-refractivity contribution in [3.05, 3.63) is 0 Å². The van der Waals surface area contributed by atoms with Crippen molar-refractivity contribution >= 4 is 0 Å². The summed E-state index contributed by atoms with van der Waals surface area (Å²) >= 11 is 0. The maximum absolute atomic E-state index is 9.79. The van der Waals surface area contributed by atoms with Crippen LogP contribution < -0.4 is 11.1 Å². The predicted octanol–water partition coefficient (Wildman–Crippen LogP) is -1.97. The van der Waals surface area contributed by atoms with Crippen LogP contribution in [0.4, 0.5) is 0 Å². The molecule has 0 bridgehead atoms. The van der Waals surface area contributed by atoms with E-state index in [0.717, 1.165) is 0 Å². The van der Waals surface area contributed by atoms with Gasteiger partial charge in [0.1, 0.15) is 0 Å². The lowest BCUT2D eigenvalue weighted by Crippen LogP contribution is -2.59. The maximum atomic E-state index is 9.79. The van der Waals surface area contributed by atoms with E-state index in [1.807, 2.05) is 0 Å². The largest absolute Gasteiger partial charge is 0.395 e. The topological polar surface area (TPSA) is 98.7 Å². The van der Waals surface area contributed by atoms with Crippen LogP contribution in [0.1, 0.15) is 13.3 Å². The molecule has 0 radical (unpaired) electrons. The van der Waals surface area contributed by atoms with Gasteiger partial charge in [-0.1, -0.05) is 6.92 Å². The molecule has 5 nitrogen and oxygen atoms in total. The molecule has 0 aromatic carbocycles. The van der Waals surface area contributed by atoms with Gasteiger partial charge in [-0.2, -0.15) is 0 Å². The lowest BCUT2D eigenvalue weighted by Gasteiger charge is -2.40. The van der Waals surface area contributed by atoms with Gasteiger partial charge in [0.25, 0.3) is 0 Å². The highest BCUT2D eigenvalue weighted by molar-refractivity contribution is 4.95. The molecule has 1 rings (SSSR count). The monoisotopic (exact) mass is 204 g/mol. The summed E-state index contributed by atoms with van der Waals surface area (Å²) in [5, 5.41) is 31.0. The van der Waals surface area contributed by atoms with Gasteiger partial charge in [0.15, 0.2) is 0 Å². The highest BCUT2D eigenvalue weighted by Gasteiger charge is 2.38. The Morgan fingerprint density at radius 3 is 2.57 bits per heavy atom. The number of hydrogen-bond donors (Lipinski definition) is 5. The Morgan fingerprint density at radius 1 is 1.36 bits per heavy atom. The van der Waals surface area contributed by atoms with Crippen molar-refractivity contribution in [2.75, 3.05) is 13.2 Å². The van der Waals surface area contributed by atoms with Gasteiger partial charge in [0.2, 0.25) is 0 Å². The van der Waals surface area contributed by atoms with Crippen LogP contribution in [0, 0.1) is 5.92 Å². The molecule has 1 fully saturated rings. The van der Waals surface area contributed by atoms with Gasteiger partial charge >= 0.3 is 0 Å². The molecule has 0 aliphatic heterocycles. The van der Waals surface area contributed by atoms with Crippen molar-refractivity contribution in [3.63, 3.8) is 0 Å². The summed E-state index contributed by atoms with van der Waals surface area (Å²) in [5.41, 5.74) is 5.73. The van der Waals surface area contributed by atoms with E-state index >= 15 is 0 Å². The van der Waals surface area contributed by atoms with Crippen LogP contribution in [0.15, 0.2) is 0 Å². The fourth-order valence-electron chi connectivity index (χ4n) is 1.98. The average molecular weight is 204 g/mol. The lowest BCUT2D eigenvalue weighted by atomic mass is 9.79. The number of nitrogens with two attached hydrogens (primary N) is 1. The summed E-state index contributed by atoms with van der Waals surface area (Å²) in [4.78, 5) is 0. The van der Waals surface area contributed by atoms with E-state index in [2.05, 4.69) is 5.32 Å². The highest BCUT2D eigenvalue weighted by atomic mass is 16.3. The summed E-state index contributed by atoms with van der Waals surface area (Å²) in [6.07, 6.45) is -0.708. The van der Waals surface area contributed by atoms with E-state index < -0.39 is 12.2 Å². The molecule has 5 unspecified atom stereocenters. The maximum Gasteiger partial charge on any atom is 0.0744 e. The summed E-state index contributed by atoms with van der Waals surface area (Å²) in [5.74, 6) is -0.227. The number of aliphatic hydroxyl groups excluding tert-OH is 3. The van der Waals surface area contributed by atoms with Gasteiger partial charge in [-0.15, -0.1) is 0 Å². The van der Waals surface area contributed by atoms with Crippen LogP contribution >= 0.6 is 0 Å². The molecule has 0 spiro atoms. The number of hydrogen-bond acceptors (Lipinski definition) is 5. The van der Waals surface area contributed by atoms with E-state index in [1.165, 1.54) is 0 Å². The summed E-state index contributed by atoms with van der Waals surface area (Å²) < 4.78 is 0. The number of aliphatic hydroxyl groups is 3. The standard InChI is InChI=1S/C9H20N2O3/c1-5-8(13)6(10)4-7(9(5)14)11-2-3-12/h5-9,11-14H,2-4,10H2,1H3. The summed E-state index contributed by atoms with van der Waals surface area (Å²) in [7, 11) is 0. The molecule has 1 aliphatic rings. The molecule has 6 N–H and O–H groups in total. The van der Waals surface area contributed by atoms with Crippen LogP contribution in [0.3, 0.4) is 0 Å². The molecular weight excluding hydrogens is 184 g/mol. The molecule has 5 heteroatoms. The normalized spacial score (nSPS) is 43.9. The van der Waals surface area contributed by atoms with Crippen molar-refractivity contribution in [3.8, 4) is 0 Å². The SMILES string of the molecule is CC1C(O)C(N)CC(NCCO)C1O. The first-order valence-corrected chi connectivity index (χ1v) is 5.04. The molecule has 0 aromatic heterocycles. The molecule has 1 saturated carbocycles. The number of rotatable bonds is 3. The van der Waals surface area contributed by atoms with E-state index in [-0.39, 0.29) is 24.6 Å². The molecule has 5 atom stereocenters. The summed E-state index contributed by atoms with van der Waals surface area (Å²) in [6.45, 7) is 2.26. The minimum Gasteiger partial charge on any atom is -0.395 e. The zero-order valence-electron chi connectivity index (χ0n) is 8.43. The third-order valence-corrected chi connectivity index (χ3v) is 2.97. The Balaban J connectivity index is 2.52. The third-order valence-electron chi connectivity index (χ3n) is 2.97. The van der Waals surface area contributed by atoms with Gasteiger partial charge in [-0.3, -0.25) is 0 Å². The molecule has 0 heterocycles. The van der Waals surface area contributed by atoms with Crippen molar-refractivity contribution in [1.29, 1.82) is 0 Å². The Labute approximate surface area is 83.9 Å². The molecule has 1 aliphatic carbocycles. The van der Waals surface area contributed by atoms with Gasteiger partial charge in [-0.25, -0.2) is 0 Å². The molecular formula is C9H20N2O3. The van der Waals surface area contributed by atoms with Gasteiger partial charge in [-0.05, 0) is 6.42 Å². The second kappa shape index (κ2) is 5.04. The van der Waals surface area contributed by atoms with Crippen LogP contribution in [0.2, 0.25) is 0 Å². The Bertz CT molecular complexity index is 179. The summed E-state index contributed by atoms with van der Waals surface area (Å²) in [6, 6.07) is -0.430. The van der Waals surface area contributed by atoms with Gasteiger partial charge < -0.3 is 26.4 Å². The Morgan fingerprint density at radius 2 is 2.00 bits per heavy atom. The second-order valence-corrected chi connectivity index (χ2v) is 4.02. The average Bonchev–Trinajstić information content (AvgIpc) is 2.18. The first kappa shape index (κ1) is 11.9. The second-order valence-electron chi connectivity index (χ2n) is 4.02. The Hall–Kier alpha value is -0.200. The zero-order chi connectivity index (χ0) is 10.7. The van der Waals surface area contributed by atoms with Gasteiger partial charge in [0, 0.05) is 24.5 Å². The molecule has 84 valence electrons. The highest BCUT2D eigenvalue weighted by Crippen LogP contribution is 2.24. The predicted molar refractivity (Wildman–Crippen MR) is 52.6 cm³/mol. The fourth-order valence-corrected chi connectivity index (χ4v) is 1.98. The van der Waals surface area contributed by atoms with Crippen molar-refractivity contribution in [1.82, 2.24) is 5.32 Å². The van der Waals surface area contributed by atoms with E-state index in [0.29, 0.717) is 13.0 Å². The van der Waals surface area contributed by atoms with E-state index in [9.17, 15) is 10.2 Å². The third kappa shape index (κ3) is 2.43. The van der Waals surface area contributed by atoms with Gasteiger partial charge in [0.05, 0.1) is 18.8 Å². The fraction of sp³-hybridized carbons (Fsp3) is 1.00. The zero-order valence-corrected chi connectivity index (χ0v) is 8.43. The molecule has 0 amide bonds. The van der Waals surface area contributed by atoms with Crippen LogP contribution in [-0.4, -0.2) is 52.8 Å². The van der Waals surface area contributed by atoms with Crippen molar-refractivity contribution < 1.29 is 15.3 Å². The molecule has 0 aromatic rings. The molecule has 14 heavy (non-hydrogen) atoms. The van der Waals surface area contributed by atoms with Crippen LogP contribution in [0.5, 0.6) is 0 Å².